The molecule has 9 heteroatoms. The quantitative estimate of drug-likeness (QED) is 0.609. The molecule has 2 N–H and O–H groups in total. The molecule has 2 aromatic carbocycles. The van der Waals surface area contributed by atoms with Crippen molar-refractivity contribution in [2.24, 2.45) is 0 Å². The van der Waals surface area contributed by atoms with Crippen LogP contribution in [0.2, 0.25) is 0 Å². The summed E-state index contributed by atoms with van der Waals surface area (Å²) in [6, 6.07) is 13.9. The minimum Gasteiger partial charge on any atom is -0.346 e. The van der Waals surface area contributed by atoms with E-state index in [9.17, 15) is 14.4 Å². The van der Waals surface area contributed by atoms with Crippen LogP contribution in [0.4, 0.5) is 4.79 Å². The first kappa shape index (κ1) is 19.3. The number of hydrogen-bond acceptors (Lipinski definition) is 5. The monoisotopic (exact) mass is 404 g/mol. The predicted octanol–water partition coefficient (Wildman–Crippen LogP) is 1.81. The Balaban J connectivity index is 1.47. The molecule has 1 atom stereocenters. The van der Waals surface area contributed by atoms with Gasteiger partial charge in [-0.1, -0.05) is 30.3 Å². The lowest BCUT2D eigenvalue weighted by atomic mass is 10.0. The fourth-order valence-electron chi connectivity index (χ4n) is 3.28. The van der Waals surface area contributed by atoms with Crippen LogP contribution in [0.25, 0.3) is 5.69 Å². The number of nitrogens with zero attached hydrogens (tertiary/aromatic N) is 4. The fourth-order valence-corrected chi connectivity index (χ4v) is 3.28. The number of imide groups is 1. The molecule has 0 spiro atoms. The molecule has 30 heavy (non-hydrogen) atoms. The molecule has 1 fully saturated rings. The lowest BCUT2D eigenvalue weighted by Crippen LogP contribution is -2.32. The van der Waals surface area contributed by atoms with Crippen LogP contribution >= 0.6 is 0 Å². The molecule has 1 aromatic heterocycles. The van der Waals surface area contributed by atoms with Crippen molar-refractivity contribution in [3.05, 3.63) is 77.9 Å². The van der Waals surface area contributed by atoms with Gasteiger partial charge < -0.3 is 10.6 Å². The van der Waals surface area contributed by atoms with Crippen LogP contribution in [0.3, 0.4) is 0 Å². The first-order valence-electron chi connectivity index (χ1n) is 9.45. The van der Waals surface area contributed by atoms with Crippen molar-refractivity contribution in [3.8, 4) is 5.69 Å². The number of benzene rings is 2. The molecule has 4 rings (SSSR count). The molecular formula is C21H20N6O3. The van der Waals surface area contributed by atoms with Crippen LogP contribution in [0.1, 0.15) is 34.5 Å². The van der Waals surface area contributed by atoms with Gasteiger partial charge in [0.2, 0.25) is 5.91 Å². The molecule has 0 bridgehead atoms. The van der Waals surface area contributed by atoms with Gasteiger partial charge in [-0.05, 0) is 36.2 Å². The summed E-state index contributed by atoms with van der Waals surface area (Å²) in [6.45, 7) is 1.92. The zero-order valence-corrected chi connectivity index (χ0v) is 16.3. The lowest BCUT2D eigenvalue weighted by Gasteiger charge is -2.18. The number of nitrogens with one attached hydrogen (secondary N) is 2. The van der Waals surface area contributed by atoms with E-state index in [1.807, 2.05) is 31.2 Å². The van der Waals surface area contributed by atoms with Crippen molar-refractivity contribution < 1.29 is 14.4 Å². The molecule has 0 unspecified atom stereocenters. The number of aromatic nitrogens is 3. The number of hydrogen-bond donors (Lipinski definition) is 2. The Hall–Kier alpha value is -4.01. The highest BCUT2D eigenvalue weighted by molar-refractivity contribution is 6.02. The predicted molar refractivity (Wildman–Crippen MR) is 108 cm³/mol. The molecule has 9 nitrogen and oxygen atoms in total. The highest BCUT2D eigenvalue weighted by Crippen LogP contribution is 2.18. The van der Waals surface area contributed by atoms with Crippen LogP contribution < -0.4 is 10.6 Å². The van der Waals surface area contributed by atoms with Crippen molar-refractivity contribution >= 4 is 17.8 Å². The van der Waals surface area contributed by atoms with Crippen molar-refractivity contribution in [2.45, 2.75) is 19.5 Å². The third kappa shape index (κ3) is 3.90. The summed E-state index contributed by atoms with van der Waals surface area (Å²) in [4.78, 5) is 41.6. The molecule has 1 aliphatic heterocycles. The Kier molecular flexibility index (Phi) is 5.25. The number of urea groups is 1. The molecule has 0 saturated carbocycles. The summed E-state index contributed by atoms with van der Waals surface area (Å²) in [6.07, 6.45) is 3.08. The van der Waals surface area contributed by atoms with Gasteiger partial charge in [-0.2, -0.15) is 5.10 Å². The summed E-state index contributed by atoms with van der Waals surface area (Å²) in [5.74, 6) is -0.582. The Labute approximate surface area is 172 Å². The van der Waals surface area contributed by atoms with Gasteiger partial charge in [0.1, 0.15) is 12.7 Å². The molecule has 3 aromatic rings. The number of carbonyl (C=O) groups is 3. The van der Waals surface area contributed by atoms with E-state index in [0.717, 1.165) is 16.2 Å². The van der Waals surface area contributed by atoms with Gasteiger partial charge in [-0.15, -0.1) is 0 Å². The van der Waals surface area contributed by atoms with Crippen molar-refractivity contribution in [1.29, 1.82) is 0 Å². The summed E-state index contributed by atoms with van der Waals surface area (Å²) >= 11 is 0. The highest BCUT2D eigenvalue weighted by atomic mass is 16.2. The molecule has 0 aliphatic carbocycles. The molecule has 4 amide bonds. The van der Waals surface area contributed by atoms with E-state index in [-0.39, 0.29) is 30.9 Å². The second-order valence-electron chi connectivity index (χ2n) is 6.92. The molecule has 0 radical (unpaired) electrons. The maximum Gasteiger partial charge on any atom is 0.324 e. The Morgan fingerprint density at radius 3 is 2.60 bits per heavy atom. The third-order valence-corrected chi connectivity index (χ3v) is 4.95. The van der Waals surface area contributed by atoms with E-state index >= 15 is 0 Å². The van der Waals surface area contributed by atoms with Gasteiger partial charge in [0.15, 0.2) is 0 Å². The number of carbonyl (C=O) groups excluding carboxylic acids is 3. The maximum atomic E-state index is 12.9. The largest absolute Gasteiger partial charge is 0.346 e. The summed E-state index contributed by atoms with van der Waals surface area (Å²) < 4.78 is 1.65. The van der Waals surface area contributed by atoms with Gasteiger partial charge in [-0.25, -0.2) is 14.5 Å². The first-order valence-corrected chi connectivity index (χ1v) is 9.45. The Bertz CT molecular complexity index is 1060. The van der Waals surface area contributed by atoms with E-state index < -0.39 is 6.03 Å². The van der Waals surface area contributed by atoms with Crippen LogP contribution in [-0.2, 0) is 11.3 Å². The molecule has 1 aliphatic rings. The first-order chi connectivity index (χ1) is 14.5. The maximum absolute atomic E-state index is 12.9. The van der Waals surface area contributed by atoms with Gasteiger partial charge in [0.25, 0.3) is 5.91 Å². The molecule has 152 valence electrons. The molecular weight excluding hydrogens is 384 g/mol. The van der Waals surface area contributed by atoms with E-state index in [1.165, 1.54) is 6.33 Å². The van der Waals surface area contributed by atoms with Gasteiger partial charge >= 0.3 is 6.03 Å². The SMILES string of the molecule is C[C@H](NC(=O)c1ccccc1CN1C(=O)CNC1=O)c1ccc(-n2cncn2)cc1. The van der Waals surface area contributed by atoms with E-state index in [2.05, 4.69) is 20.7 Å². The van der Waals surface area contributed by atoms with Crippen LogP contribution in [0.5, 0.6) is 0 Å². The second-order valence-corrected chi connectivity index (χ2v) is 6.92. The lowest BCUT2D eigenvalue weighted by molar-refractivity contribution is -0.125. The van der Waals surface area contributed by atoms with Crippen LogP contribution in [-0.4, -0.2) is 44.1 Å². The van der Waals surface area contributed by atoms with Gasteiger partial charge in [0.05, 0.1) is 24.8 Å². The second kappa shape index (κ2) is 8.16. The third-order valence-electron chi connectivity index (χ3n) is 4.95. The average Bonchev–Trinajstić information content (AvgIpc) is 3.40. The van der Waals surface area contributed by atoms with Gasteiger partial charge in [-0.3, -0.25) is 14.5 Å². The fraction of sp³-hybridized carbons (Fsp3) is 0.190. The smallest absolute Gasteiger partial charge is 0.324 e. The standard InChI is InChI=1S/C21H20N6O3/c1-14(15-6-8-17(9-7-15)27-13-22-12-24-27)25-20(29)18-5-3-2-4-16(18)11-26-19(28)10-23-21(26)30/h2-9,12-14H,10-11H2,1H3,(H,23,30)(H,25,29)/t14-/m0/s1. The van der Waals surface area contributed by atoms with Crippen LogP contribution in [0.15, 0.2) is 61.2 Å². The molecule has 1 saturated heterocycles. The summed E-state index contributed by atoms with van der Waals surface area (Å²) in [5, 5.41) is 9.55. The zero-order valence-electron chi connectivity index (χ0n) is 16.3. The van der Waals surface area contributed by atoms with Crippen molar-refractivity contribution in [1.82, 2.24) is 30.3 Å². The van der Waals surface area contributed by atoms with E-state index in [0.29, 0.717) is 11.1 Å². The average molecular weight is 404 g/mol. The normalized spacial score (nSPS) is 14.5. The van der Waals surface area contributed by atoms with Crippen LogP contribution in [0, 0.1) is 0 Å². The van der Waals surface area contributed by atoms with Crippen molar-refractivity contribution in [2.75, 3.05) is 6.54 Å². The summed E-state index contributed by atoms with van der Waals surface area (Å²) in [7, 11) is 0. The molecule has 2 heterocycles. The minimum atomic E-state index is -0.448. The minimum absolute atomic E-state index is 0.0190. The van der Waals surface area contributed by atoms with Gasteiger partial charge in [0, 0.05) is 5.56 Å². The zero-order chi connectivity index (χ0) is 21.1. The Morgan fingerprint density at radius 1 is 1.17 bits per heavy atom. The number of rotatable bonds is 6. The topological polar surface area (TPSA) is 109 Å². The van der Waals surface area contributed by atoms with Crippen molar-refractivity contribution in [3.63, 3.8) is 0 Å². The Morgan fingerprint density at radius 2 is 1.93 bits per heavy atom. The van der Waals surface area contributed by atoms with E-state index in [1.54, 1.807) is 35.3 Å². The van der Waals surface area contributed by atoms with E-state index in [4.69, 9.17) is 0 Å². The number of amides is 4. The summed E-state index contributed by atoms with van der Waals surface area (Å²) in [5.41, 5.74) is 2.83. The highest BCUT2D eigenvalue weighted by Gasteiger charge is 2.29.